The van der Waals surface area contributed by atoms with Crippen LogP contribution in [0.25, 0.3) is 0 Å². The second-order valence-electron chi connectivity index (χ2n) is 6.41. The maximum atomic E-state index is 12.0. The molecule has 1 aliphatic rings. The van der Waals surface area contributed by atoms with E-state index in [-0.39, 0.29) is 5.91 Å². The molecule has 2 atom stereocenters. The van der Waals surface area contributed by atoms with Gasteiger partial charge in [0.05, 0.1) is 0 Å². The fourth-order valence-electron chi connectivity index (χ4n) is 3.13. The number of benzene rings is 1. The molecular formula is C17H27N3O. The summed E-state index contributed by atoms with van der Waals surface area (Å²) in [5.74, 6) is 0.854. The molecule has 1 heterocycles. The van der Waals surface area contributed by atoms with Crippen molar-refractivity contribution in [2.75, 3.05) is 24.1 Å². The van der Waals surface area contributed by atoms with E-state index in [9.17, 15) is 4.79 Å². The molecule has 0 radical (unpaired) electrons. The van der Waals surface area contributed by atoms with E-state index in [1.807, 2.05) is 25.1 Å². The lowest BCUT2D eigenvalue weighted by molar-refractivity contribution is -0.116. The molecule has 0 saturated carbocycles. The van der Waals surface area contributed by atoms with E-state index in [2.05, 4.69) is 24.1 Å². The molecule has 1 aromatic rings. The number of amides is 1. The van der Waals surface area contributed by atoms with E-state index in [1.165, 1.54) is 6.42 Å². The highest BCUT2D eigenvalue weighted by Crippen LogP contribution is 2.22. The Morgan fingerprint density at radius 1 is 1.43 bits per heavy atom. The van der Waals surface area contributed by atoms with Crippen LogP contribution in [0.5, 0.6) is 0 Å². The van der Waals surface area contributed by atoms with Gasteiger partial charge in [-0.15, -0.1) is 0 Å². The summed E-state index contributed by atoms with van der Waals surface area (Å²) in [7, 11) is 0. The first-order valence-electron chi connectivity index (χ1n) is 7.85. The number of hydrogen-bond acceptors (Lipinski definition) is 3. The van der Waals surface area contributed by atoms with Crippen molar-refractivity contribution >= 4 is 17.3 Å². The van der Waals surface area contributed by atoms with Crippen molar-refractivity contribution in [3.05, 3.63) is 23.8 Å². The van der Waals surface area contributed by atoms with Crippen LogP contribution >= 0.6 is 0 Å². The van der Waals surface area contributed by atoms with Gasteiger partial charge in [0.1, 0.15) is 0 Å². The quantitative estimate of drug-likeness (QED) is 0.819. The fourth-order valence-corrected chi connectivity index (χ4v) is 3.13. The van der Waals surface area contributed by atoms with Crippen LogP contribution in [0.4, 0.5) is 11.4 Å². The van der Waals surface area contributed by atoms with Crippen molar-refractivity contribution in [3.8, 4) is 0 Å². The van der Waals surface area contributed by atoms with Crippen molar-refractivity contribution in [2.24, 2.45) is 5.92 Å². The molecule has 1 aliphatic heterocycles. The van der Waals surface area contributed by atoms with Crippen LogP contribution in [0.1, 0.15) is 38.7 Å². The largest absolute Gasteiger partial charge is 0.399 e. The molecule has 21 heavy (non-hydrogen) atoms. The third kappa shape index (κ3) is 4.46. The number of nitrogens with zero attached hydrogens (tertiary/aromatic N) is 1. The number of likely N-dealkylation sites (tertiary alicyclic amines) is 1. The topological polar surface area (TPSA) is 58.4 Å². The van der Waals surface area contributed by atoms with Crippen LogP contribution < -0.4 is 11.1 Å². The zero-order valence-electron chi connectivity index (χ0n) is 13.4. The summed E-state index contributed by atoms with van der Waals surface area (Å²) in [6, 6.07) is 6.25. The first-order valence-corrected chi connectivity index (χ1v) is 7.85. The average Bonchev–Trinajstić information content (AvgIpc) is 2.72. The van der Waals surface area contributed by atoms with E-state index >= 15 is 0 Å². The second-order valence-corrected chi connectivity index (χ2v) is 6.41. The summed E-state index contributed by atoms with van der Waals surface area (Å²) in [6.45, 7) is 8.72. The van der Waals surface area contributed by atoms with Crippen LogP contribution in [-0.2, 0) is 4.79 Å². The van der Waals surface area contributed by atoms with Gasteiger partial charge in [-0.1, -0.05) is 13.0 Å². The lowest BCUT2D eigenvalue weighted by Crippen LogP contribution is -2.29. The highest BCUT2D eigenvalue weighted by Gasteiger charge is 2.25. The van der Waals surface area contributed by atoms with Crippen molar-refractivity contribution in [2.45, 2.75) is 46.1 Å². The minimum Gasteiger partial charge on any atom is -0.399 e. The number of carbonyl (C=O) groups excluding carboxylic acids is 1. The predicted octanol–water partition coefficient (Wildman–Crippen LogP) is 3.03. The van der Waals surface area contributed by atoms with Gasteiger partial charge in [0.2, 0.25) is 5.91 Å². The second kappa shape index (κ2) is 6.94. The number of hydrogen-bond donors (Lipinski definition) is 2. The standard InChI is InChI=1S/C17H27N3O/c1-12-9-14(3)20(11-12)8-4-5-17(21)19-16-10-15(18)7-6-13(16)2/h6-7,10,12,14H,4-5,8-9,11,18H2,1-3H3,(H,19,21). The SMILES string of the molecule is Cc1ccc(N)cc1NC(=O)CCCN1CC(C)CC1C. The van der Waals surface area contributed by atoms with Gasteiger partial charge in [0, 0.05) is 30.4 Å². The van der Waals surface area contributed by atoms with Crippen LogP contribution in [0.3, 0.4) is 0 Å². The maximum absolute atomic E-state index is 12.0. The molecule has 0 spiro atoms. The summed E-state index contributed by atoms with van der Waals surface area (Å²) in [6.07, 6.45) is 2.74. The average molecular weight is 289 g/mol. The van der Waals surface area contributed by atoms with Crippen molar-refractivity contribution in [1.82, 2.24) is 4.90 Å². The summed E-state index contributed by atoms with van der Waals surface area (Å²) < 4.78 is 0. The van der Waals surface area contributed by atoms with E-state index in [0.29, 0.717) is 18.2 Å². The first kappa shape index (κ1) is 15.8. The lowest BCUT2D eigenvalue weighted by atomic mass is 10.1. The Kier molecular flexibility index (Phi) is 5.23. The third-order valence-electron chi connectivity index (χ3n) is 4.30. The van der Waals surface area contributed by atoms with Crippen molar-refractivity contribution < 1.29 is 4.79 Å². The Hall–Kier alpha value is -1.55. The number of anilines is 2. The highest BCUT2D eigenvalue weighted by atomic mass is 16.1. The van der Waals surface area contributed by atoms with Crippen molar-refractivity contribution in [1.29, 1.82) is 0 Å². The first-order chi connectivity index (χ1) is 9.95. The van der Waals surface area contributed by atoms with Gasteiger partial charge in [0.25, 0.3) is 0 Å². The maximum Gasteiger partial charge on any atom is 0.224 e. The summed E-state index contributed by atoms with van der Waals surface area (Å²) >= 11 is 0. The van der Waals surface area contributed by atoms with E-state index in [4.69, 9.17) is 5.73 Å². The zero-order chi connectivity index (χ0) is 15.4. The molecule has 1 fully saturated rings. The van der Waals surface area contributed by atoms with Gasteiger partial charge in [-0.3, -0.25) is 4.79 Å². The summed E-state index contributed by atoms with van der Waals surface area (Å²) in [5.41, 5.74) is 8.30. The zero-order valence-corrected chi connectivity index (χ0v) is 13.4. The van der Waals surface area contributed by atoms with Crippen LogP contribution in [0, 0.1) is 12.8 Å². The molecule has 0 aromatic heterocycles. The van der Waals surface area contributed by atoms with Gasteiger partial charge < -0.3 is 16.0 Å². The monoisotopic (exact) mass is 289 g/mol. The van der Waals surface area contributed by atoms with Crippen LogP contribution in [0.15, 0.2) is 18.2 Å². The van der Waals surface area contributed by atoms with Gasteiger partial charge in [-0.25, -0.2) is 0 Å². The number of carbonyl (C=O) groups is 1. The Bertz CT molecular complexity index is 501. The minimum atomic E-state index is 0.0728. The highest BCUT2D eigenvalue weighted by molar-refractivity contribution is 5.91. The normalized spacial score (nSPS) is 22.4. The van der Waals surface area contributed by atoms with Crippen molar-refractivity contribution in [3.63, 3.8) is 0 Å². The van der Waals surface area contributed by atoms with Crippen LogP contribution in [0.2, 0.25) is 0 Å². The molecule has 116 valence electrons. The molecule has 1 aromatic carbocycles. The lowest BCUT2D eigenvalue weighted by Gasteiger charge is -2.20. The molecular weight excluding hydrogens is 262 g/mol. The molecule has 2 unspecified atom stereocenters. The minimum absolute atomic E-state index is 0.0728. The Labute approximate surface area is 127 Å². The fraction of sp³-hybridized carbons (Fsp3) is 0.588. The number of nitrogens with two attached hydrogens (primary N) is 1. The number of nitrogen functional groups attached to an aromatic ring is 1. The van der Waals surface area contributed by atoms with E-state index in [0.717, 1.165) is 36.7 Å². The number of aryl methyl sites for hydroxylation is 1. The predicted molar refractivity (Wildman–Crippen MR) is 88.3 cm³/mol. The number of rotatable bonds is 5. The molecule has 4 heteroatoms. The molecule has 1 saturated heterocycles. The Morgan fingerprint density at radius 2 is 2.19 bits per heavy atom. The summed E-state index contributed by atoms with van der Waals surface area (Å²) in [4.78, 5) is 14.5. The summed E-state index contributed by atoms with van der Waals surface area (Å²) in [5, 5.41) is 2.96. The van der Waals surface area contributed by atoms with E-state index < -0.39 is 0 Å². The van der Waals surface area contributed by atoms with Gasteiger partial charge in [0.15, 0.2) is 0 Å². The smallest absolute Gasteiger partial charge is 0.224 e. The molecule has 3 N–H and O–H groups in total. The number of nitrogens with one attached hydrogen (secondary N) is 1. The molecule has 0 aliphatic carbocycles. The molecule has 2 rings (SSSR count). The van der Waals surface area contributed by atoms with E-state index in [1.54, 1.807) is 0 Å². The van der Waals surface area contributed by atoms with Gasteiger partial charge in [-0.2, -0.15) is 0 Å². The van der Waals surface area contributed by atoms with Gasteiger partial charge >= 0.3 is 0 Å². The molecule has 0 bridgehead atoms. The van der Waals surface area contributed by atoms with Gasteiger partial charge in [-0.05, 0) is 56.8 Å². The molecule has 1 amide bonds. The Morgan fingerprint density at radius 3 is 2.86 bits per heavy atom. The molecule has 4 nitrogen and oxygen atoms in total. The third-order valence-corrected chi connectivity index (χ3v) is 4.30. The Balaban J connectivity index is 1.76. The van der Waals surface area contributed by atoms with Crippen LogP contribution in [-0.4, -0.2) is 29.9 Å².